The van der Waals surface area contributed by atoms with Crippen molar-refractivity contribution in [1.29, 1.82) is 0 Å². The van der Waals surface area contributed by atoms with Gasteiger partial charge >= 0.3 is 0 Å². The Kier molecular flexibility index (Phi) is 4.71. The Morgan fingerprint density at radius 3 is 2.27 bits per heavy atom. The Hall–Kier alpha value is -3.22. The largest absolute Gasteiger partial charge is 0.366 e. The zero-order chi connectivity index (χ0) is 18.8. The molecular weight excluding hydrogens is 337 g/mol. The van der Waals surface area contributed by atoms with E-state index in [0.717, 1.165) is 18.9 Å². The van der Waals surface area contributed by atoms with Gasteiger partial charge in [0.05, 0.1) is 0 Å². The molecule has 0 spiro atoms. The molecule has 1 aliphatic rings. The molecule has 2 aromatic carbocycles. The first-order chi connectivity index (χ1) is 12.3. The maximum absolute atomic E-state index is 13.9. The summed E-state index contributed by atoms with van der Waals surface area (Å²) in [5.41, 5.74) is 6.47. The van der Waals surface area contributed by atoms with Crippen molar-refractivity contribution in [3.63, 3.8) is 0 Å². The fraction of sp³-hybridized carbons (Fsp3) is 0.211. The predicted octanol–water partition coefficient (Wildman–Crippen LogP) is 2.83. The standard InChI is InChI=1S/C19H18FN3O3/c1-10-15(20)8-13(17(21)24)9-16(10)23-19(26)12-4-6-14(7-5-12)22-18(25)11-2-3-11/h4-9,11H,2-3H2,1H3,(H2,21,24)(H,22,25)(H,23,26). The second-order valence-electron chi connectivity index (χ2n) is 6.29. The van der Waals surface area contributed by atoms with Crippen LogP contribution in [0.15, 0.2) is 36.4 Å². The summed E-state index contributed by atoms with van der Waals surface area (Å²) in [5.74, 6) is -1.80. The maximum Gasteiger partial charge on any atom is 0.255 e. The lowest BCUT2D eigenvalue weighted by Crippen LogP contribution is -2.17. The number of halogens is 1. The average Bonchev–Trinajstić information content (AvgIpc) is 3.44. The number of nitrogens with one attached hydrogen (secondary N) is 2. The molecule has 1 saturated carbocycles. The average molecular weight is 355 g/mol. The number of amides is 3. The van der Waals surface area contributed by atoms with E-state index in [0.29, 0.717) is 11.3 Å². The van der Waals surface area contributed by atoms with Crippen LogP contribution in [-0.2, 0) is 4.79 Å². The molecule has 0 unspecified atom stereocenters. The van der Waals surface area contributed by atoms with Gasteiger partial charge in [-0.05, 0) is 56.2 Å². The van der Waals surface area contributed by atoms with Crippen LogP contribution in [0.1, 0.15) is 39.1 Å². The van der Waals surface area contributed by atoms with E-state index < -0.39 is 17.6 Å². The summed E-state index contributed by atoms with van der Waals surface area (Å²) in [5, 5.41) is 5.36. The molecule has 4 N–H and O–H groups in total. The van der Waals surface area contributed by atoms with Crippen LogP contribution in [0.2, 0.25) is 0 Å². The van der Waals surface area contributed by atoms with E-state index in [1.54, 1.807) is 24.3 Å². The zero-order valence-corrected chi connectivity index (χ0v) is 14.1. The number of hydrogen-bond donors (Lipinski definition) is 3. The maximum atomic E-state index is 13.9. The van der Waals surface area contributed by atoms with Gasteiger partial charge in [-0.25, -0.2) is 4.39 Å². The summed E-state index contributed by atoms with van der Waals surface area (Å²) >= 11 is 0. The summed E-state index contributed by atoms with van der Waals surface area (Å²) in [6, 6.07) is 8.74. The second kappa shape index (κ2) is 6.95. The van der Waals surface area contributed by atoms with Gasteiger partial charge in [-0.15, -0.1) is 0 Å². The number of carbonyl (C=O) groups excluding carboxylic acids is 3. The number of benzene rings is 2. The highest BCUT2D eigenvalue weighted by Gasteiger charge is 2.29. The third-order valence-electron chi connectivity index (χ3n) is 4.24. The summed E-state index contributed by atoms with van der Waals surface area (Å²) < 4.78 is 13.9. The van der Waals surface area contributed by atoms with Gasteiger partial charge in [0.15, 0.2) is 0 Å². The minimum atomic E-state index is -0.782. The van der Waals surface area contributed by atoms with Crippen LogP contribution in [0.5, 0.6) is 0 Å². The zero-order valence-electron chi connectivity index (χ0n) is 14.1. The van der Waals surface area contributed by atoms with Crippen molar-refractivity contribution in [1.82, 2.24) is 0 Å². The molecule has 6 nitrogen and oxygen atoms in total. The van der Waals surface area contributed by atoms with Crippen molar-refractivity contribution in [2.45, 2.75) is 19.8 Å². The molecule has 0 aromatic heterocycles. The van der Waals surface area contributed by atoms with Gasteiger partial charge in [-0.1, -0.05) is 0 Å². The van der Waals surface area contributed by atoms with Crippen LogP contribution in [0.25, 0.3) is 0 Å². The van der Waals surface area contributed by atoms with Crippen molar-refractivity contribution in [3.05, 3.63) is 58.9 Å². The quantitative estimate of drug-likeness (QED) is 0.768. The van der Waals surface area contributed by atoms with E-state index in [-0.39, 0.29) is 28.6 Å². The molecular formula is C19H18FN3O3. The van der Waals surface area contributed by atoms with E-state index in [1.807, 2.05) is 0 Å². The number of primary amides is 1. The fourth-order valence-corrected chi connectivity index (χ4v) is 2.44. The first kappa shape index (κ1) is 17.6. The van der Waals surface area contributed by atoms with Gasteiger partial charge in [0.1, 0.15) is 5.82 Å². The summed E-state index contributed by atoms with van der Waals surface area (Å²) in [6.07, 6.45) is 1.82. The summed E-state index contributed by atoms with van der Waals surface area (Å²) in [4.78, 5) is 35.4. The van der Waals surface area contributed by atoms with Crippen molar-refractivity contribution >= 4 is 29.1 Å². The molecule has 7 heteroatoms. The highest BCUT2D eigenvalue weighted by Crippen LogP contribution is 2.30. The van der Waals surface area contributed by atoms with Gasteiger partial charge in [0, 0.05) is 34.0 Å². The van der Waals surface area contributed by atoms with E-state index in [1.165, 1.54) is 13.0 Å². The number of nitrogens with two attached hydrogens (primary N) is 1. The van der Waals surface area contributed by atoms with E-state index in [4.69, 9.17) is 5.73 Å². The Bertz CT molecular complexity index is 890. The Labute approximate surface area is 149 Å². The van der Waals surface area contributed by atoms with Crippen molar-refractivity contribution in [2.24, 2.45) is 11.7 Å². The highest BCUT2D eigenvalue weighted by molar-refractivity contribution is 6.06. The van der Waals surface area contributed by atoms with Gasteiger partial charge in [-0.3, -0.25) is 14.4 Å². The fourth-order valence-electron chi connectivity index (χ4n) is 2.44. The minimum Gasteiger partial charge on any atom is -0.366 e. The van der Waals surface area contributed by atoms with Crippen molar-refractivity contribution < 1.29 is 18.8 Å². The van der Waals surface area contributed by atoms with E-state index >= 15 is 0 Å². The van der Waals surface area contributed by atoms with Gasteiger partial charge in [0.25, 0.3) is 5.91 Å². The van der Waals surface area contributed by atoms with Crippen LogP contribution in [0, 0.1) is 18.7 Å². The highest BCUT2D eigenvalue weighted by atomic mass is 19.1. The normalized spacial score (nSPS) is 13.2. The van der Waals surface area contributed by atoms with Crippen LogP contribution in [0.3, 0.4) is 0 Å². The second-order valence-corrected chi connectivity index (χ2v) is 6.29. The molecule has 0 heterocycles. The predicted molar refractivity (Wildman–Crippen MR) is 95.4 cm³/mol. The van der Waals surface area contributed by atoms with Crippen molar-refractivity contribution in [2.75, 3.05) is 10.6 Å². The van der Waals surface area contributed by atoms with E-state index in [2.05, 4.69) is 10.6 Å². The third kappa shape index (κ3) is 3.88. The number of anilines is 2. The Balaban J connectivity index is 1.73. The van der Waals surface area contributed by atoms with Crippen LogP contribution in [0.4, 0.5) is 15.8 Å². The molecule has 1 aliphatic carbocycles. The Morgan fingerprint density at radius 2 is 1.69 bits per heavy atom. The molecule has 3 amide bonds. The van der Waals surface area contributed by atoms with Crippen LogP contribution < -0.4 is 16.4 Å². The van der Waals surface area contributed by atoms with E-state index in [9.17, 15) is 18.8 Å². The lowest BCUT2D eigenvalue weighted by molar-refractivity contribution is -0.117. The molecule has 0 bridgehead atoms. The Morgan fingerprint density at radius 1 is 1.04 bits per heavy atom. The molecule has 0 saturated heterocycles. The topological polar surface area (TPSA) is 101 Å². The van der Waals surface area contributed by atoms with Crippen LogP contribution >= 0.6 is 0 Å². The van der Waals surface area contributed by atoms with Gasteiger partial charge in [-0.2, -0.15) is 0 Å². The SMILES string of the molecule is Cc1c(F)cc(C(N)=O)cc1NC(=O)c1ccc(NC(=O)C2CC2)cc1. The first-order valence-corrected chi connectivity index (χ1v) is 8.17. The van der Waals surface area contributed by atoms with Crippen molar-refractivity contribution in [3.8, 4) is 0 Å². The molecule has 3 rings (SSSR count). The monoisotopic (exact) mass is 355 g/mol. The molecule has 134 valence electrons. The lowest BCUT2D eigenvalue weighted by Gasteiger charge is -2.11. The molecule has 0 atom stereocenters. The molecule has 1 fully saturated rings. The summed E-state index contributed by atoms with van der Waals surface area (Å²) in [7, 11) is 0. The minimum absolute atomic E-state index is 0.0171. The summed E-state index contributed by atoms with van der Waals surface area (Å²) in [6.45, 7) is 1.49. The molecule has 0 aliphatic heterocycles. The molecule has 26 heavy (non-hydrogen) atoms. The van der Waals surface area contributed by atoms with Crippen LogP contribution in [-0.4, -0.2) is 17.7 Å². The van der Waals surface area contributed by atoms with Gasteiger partial charge < -0.3 is 16.4 Å². The lowest BCUT2D eigenvalue weighted by atomic mass is 10.1. The smallest absolute Gasteiger partial charge is 0.255 e. The molecule has 2 aromatic rings. The number of rotatable bonds is 5. The number of carbonyl (C=O) groups is 3. The van der Waals surface area contributed by atoms with Gasteiger partial charge in [0.2, 0.25) is 11.8 Å². The first-order valence-electron chi connectivity index (χ1n) is 8.17. The number of hydrogen-bond acceptors (Lipinski definition) is 3. The third-order valence-corrected chi connectivity index (χ3v) is 4.24. The molecule has 0 radical (unpaired) electrons.